The lowest BCUT2D eigenvalue weighted by molar-refractivity contribution is 0.325. The Morgan fingerprint density at radius 1 is 1.26 bits per heavy atom. The van der Waals surface area contributed by atoms with Gasteiger partial charge in [0.25, 0.3) is 0 Å². The minimum absolute atomic E-state index is 0.0885. The van der Waals surface area contributed by atoms with Crippen molar-refractivity contribution in [2.24, 2.45) is 17.6 Å². The molecule has 1 aliphatic rings. The molecule has 2 unspecified atom stereocenters. The van der Waals surface area contributed by atoms with Gasteiger partial charge < -0.3 is 5.73 Å². The molecule has 1 aromatic rings. The van der Waals surface area contributed by atoms with Crippen LogP contribution in [0.2, 0.25) is 0 Å². The average Bonchev–Trinajstić information content (AvgIpc) is 2.62. The molecule has 1 aliphatic carbocycles. The van der Waals surface area contributed by atoms with Crippen LogP contribution in [0.25, 0.3) is 0 Å². The van der Waals surface area contributed by atoms with E-state index in [1.165, 1.54) is 30.4 Å². The number of benzene rings is 1. The third-order valence-corrected chi connectivity index (χ3v) is 5.01. The SMILES string of the molecule is CCc1cccc(C2(N)CCCC(C(C)C)CC2)c1. The maximum absolute atomic E-state index is 6.77. The van der Waals surface area contributed by atoms with Crippen LogP contribution in [0.4, 0.5) is 0 Å². The number of hydrogen-bond acceptors (Lipinski definition) is 1. The maximum atomic E-state index is 6.77. The normalized spacial score (nSPS) is 28.4. The van der Waals surface area contributed by atoms with Crippen molar-refractivity contribution in [2.45, 2.75) is 64.8 Å². The van der Waals surface area contributed by atoms with E-state index in [4.69, 9.17) is 5.73 Å². The largest absolute Gasteiger partial charge is 0.321 e. The Bertz CT molecular complexity index is 410. The first-order valence-corrected chi connectivity index (χ1v) is 7.93. The van der Waals surface area contributed by atoms with E-state index in [-0.39, 0.29) is 5.54 Å². The van der Waals surface area contributed by atoms with Crippen LogP contribution in [0, 0.1) is 11.8 Å². The summed E-state index contributed by atoms with van der Waals surface area (Å²) in [5.41, 5.74) is 9.44. The minimum atomic E-state index is -0.0885. The summed E-state index contributed by atoms with van der Waals surface area (Å²) in [5, 5.41) is 0. The lowest BCUT2D eigenvalue weighted by Crippen LogP contribution is -2.36. The van der Waals surface area contributed by atoms with Gasteiger partial charge in [-0.25, -0.2) is 0 Å². The fourth-order valence-corrected chi connectivity index (χ4v) is 3.45. The zero-order valence-corrected chi connectivity index (χ0v) is 12.8. The number of rotatable bonds is 3. The molecule has 0 spiro atoms. The van der Waals surface area contributed by atoms with E-state index >= 15 is 0 Å². The Hall–Kier alpha value is -0.820. The van der Waals surface area contributed by atoms with Crippen molar-refractivity contribution in [3.8, 4) is 0 Å². The van der Waals surface area contributed by atoms with Crippen molar-refractivity contribution in [2.75, 3.05) is 0 Å². The van der Waals surface area contributed by atoms with Gasteiger partial charge in [0.15, 0.2) is 0 Å². The predicted octanol–water partition coefficient (Wildman–Crippen LogP) is 4.64. The number of hydrogen-bond donors (Lipinski definition) is 1. The van der Waals surface area contributed by atoms with Gasteiger partial charge in [-0.1, -0.05) is 57.9 Å². The molecule has 0 bridgehead atoms. The van der Waals surface area contributed by atoms with Crippen LogP contribution in [-0.4, -0.2) is 0 Å². The molecule has 0 saturated heterocycles. The second kappa shape index (κ2) is 6.09. The van der Waals surface area contributed by atoms with Crippen molar-refractivity contribution in [3.63, 3.8) is 0 Å². The third kappa shape index (κ3) is 3.39. The van der Waals surface area contributed by atoms with Gasteiger partial charge in [-0.2, -0.15) is 0 Å². The average molecular weight is 259 g/mol. The molecule has 0 aromatic heterocycles. The smallest absolute Gasteiger partial charge is 0.0409 e. The van der Waals surface area contributed by atoms with Crippen LogP contribution in [0.3, 0.4) is 0 Å². The molecule has 1 nitrogen and oxygen atoms in total. The van der Waals surface area contributed by atoms with Crippen molar-refractivity contribution in [3.05, 3.63) is 35.4 Å². The van der Waals surface area contributed by atoms with E-state index in [9.17, 15) is 0 Å². The molecule has 2 atom stereocenters. The predicted molar refractivity (Wildman–Crippen MR) is 83.1 cm³/mol. The van der Waals surface area contributed by atoms with Crippen molar-refractivity contribution in [1.29, 1.82) is 0 Å². The first-order valence-electron chi connectivity index (χ1n) is 7.93. The van der Waals surface area contributed by atoms with E-state index in [1.54, 1.807) is 0 Å². The van der Waals surface area contributed by atoms with Gasteiger partial charge >= 0.3 is 0 Å². The fraction of sp³-hybridized carbons (Fsp3) is 0.667. The molecule has 0 heterocycles. The van der Waals surface area contributed by atoms with Gasteiger partial charge in [-0.05, 0) is 48.6 Å². The van der Waals surface area contributed by atoms with E-state index in [2.05, 4.69) is 45.0 Å². The Morgan fingerprint density at radius 2 is 2.05 bits per heavy atom. The zero-order chi connectivity index (χ0) is 13.9. The molecule has 1 fully saturated rings. The van der Waals surface area contributed by atoms with Crippen LogP contribution in [0.15, 0.2) is 24.3 Å². The molecule has 1 saturated carbocycles. The van der Waals surface area contributed by atoms with E-state index < -0.39 is 0 Å². The highest BCUT2D eigenvalue weighted by Gasteiger charge is 2.31. The quantitative estimate of drug-likeness (QED) is 0.786. The Kier molecular flexibility index (Phi) is 4.67. The van der Waals surface area contributed by atoms with Crippen molar-refractivity contribution < 1.29 is 0 Å². The minimum Gasteiger partial charge on any atom is -0.321 e. The first kappa shape index (κ1) is 14.6. The van der Waals surface area contributed by atoms with Crippen molar-refractivity contribution in [1.82, 2.24) is 0 Å². The summed E-state index contributed by atoms with van der Waals surface area (Å²) in [5.74, 6) is 1.66. The molecule has 1 aromatic carbocycles. The zero-order valence-electron chi connectivity index (χ0n) is 12.8. The van der Waals surface area contributed by atoms with E-state index in [0.29, 0.717) is 0 Å². The van der Waals surface area contributed by atoms with Gasteiger partial charge in [0.05, 0.1) is 0 Å². The van der Waals surface area contributed by atoms with Crippen LogP contribution in [0.1, 0.15) is 64.0 Å². The second-order valence-corrected chi connectivity index (χ2v) is 6.65. The summed E-state index contributed by atoms with van der Waals surface area (Å²) in [6.45, 7) is 6.92. The lowest BCUT2D eigenvalue weighted by Gasteiger charge is -2.29. The molecule has 2 rings (SSSR count). The van der Waals surface area contributed by atoms with Crippen LogP contribution < -0.4 is 5.73 Å². The molecule has 2 N–H and O–H groups in total. The van der Waals surface area contributed by atoms with E-state index in [1.807, 2.05) is 0 Å². The monoisotopic (exact) mass is 259 g/mol. The molecule has 1 heteroatoms. The Balaban J connectivity index is 2.17. The second-order valence-electron chi connectivity index (χ2n) is 6.65. The fourth-order valence-electron chi connectivity index (χ4n) is 3.45. The van der Waals surface area contributed by atoms with Crippen LogP contribution in [0.5, 0.6) is 0 Å². The Labute approximate surface area is 118 Å². The number of nitrogens with two attached hydrogens (primary N) is 1. The van der Waals surface area contributed by atoms with Gasteiger partial charge in [0, 0.05) is 5.54 Å². The lowest BCUT2D eigenvalue weighted by atomic mass is 9.82. The third-order valence-electron chi connectivity index (χ3n) is 5.01. The summed E-state index contributed by atoms with van der Waals surface area (Å²) in [6.07, 6.45) is 7.29. The van der Waals surface area contributed by atoms with Gasteiger partial charge in [0.2, 0.25) is 0 Å². The topological polar surface area (TPSA) is 26.0 Å². The van der Waals surface area contributed by atoms with Crippen LogP contribution in [-0.2, 0) is 12.0 Å². The molecule has 106 valence electrons. The molecule has 0 radical (unpaired) electrons. The molecule has 0 aliphatic heterocycles. The van der Waals surface area contributed by atoms with Gasteiger partial charge in [-0.3, -0.25) is 0 Å². The summed E-state index contributed by atoms with van der Waals surface area (Å²) < 4.78 is 0. The highest BCUT2D eigenvalue weighted by atomic mass is 14.7. The summed E-state index contributed by atoms with van der Waals surface area (Å²) in [7, 11) is 0. The van der Waals surface area contributed by atoms with E-state index in [0.717, 1.165) is 31.1 Å². The van der Waals surface area contributed by atoms with Gasteiger partial charge in [0.1, 0.15) is 0 Å². The Morgan fingerprint density at radius 3 is 2.74 bits per heavy atom. The number of aryl methyl sites for hydroxylation is 1. The molecule has 0 amide bonds. The maximum Gasteiger partial charge on any atom is 0.0409 e. The summed E-state index contributed by atoms with van der Waals surface area (Å²) in [4.78, 5) is 0. The summed E-state index contributed by atoms with van der Waals surface area (Å²) >= 11 is 0. The first-order chi connectivity index (χ1) is 9.05. The highest BCUT2D eigenvalue weighted by Crippen LogP contribution is 2.38. The van der Waals surface area contributed by atoms with Crippen LogP contribution >= 0.6 is 0 Å². The van der Waals surface area contributed by atoms with Crippen molar-refractivity contribution >= 4 is 0 Å². The highest BCUT2D eigenvalue weighted by molar-refractivity contribution is 5.29. The molecular formula is C18H29N. The molecule has 19 heavy (non-hydrogen) atoms. The molecular weight excluding hydrogens is 230 g/mol. The van der Waals surface area contributed by atoms with Gasteiger partial charge in [-0.15, -0.1) is 0 Å². The summed E-state index contributed by atoms with van der Waals surface area (Å²) in [6, 6.07) is 8.94. The standard InChI is InChI=1S/C18H29N/c1-4-15-7-5-9-17(13-15)18(19)11-6-8-16(10-12-18)14(2)3/h5,7,9,13-14,16H,4,6,8,10-12,19H2,1-3H3.